The van der Waals surface area contributed by atoms with Crippen LogP contribution in [0, 0.1) is 6.92 Å². The fourth-order valence-corrected chi connectivity index (χ4v) is 4.67. The highest BCUT2D eigenvalue weighted by atomic mass is 32.2. The van der Waals surface area contributed by atoms with Crippen molar-refractivity contribution in [3.05, 3.63) is 89.5 Å². The molecule has 1 heterocycles. The molecule has 0 aromatic heterocycles. The van der Waals surface area contributed by atoms with Gasteiger partial charge in [-0.15, -0.1) is 0 Å². The predicted octanol–water partition coefficient (Wildman–Crippen LogP) is 4.52. The first kappa shape index (κ1) is 22.3. The maximum Gasteiger partial charge on any atom is 0.301 e. The molecule has 3 aromatic carbocycles. The summed E-state index contributed by atoms with van der Waals surface area (Å²) >= 11 is 0. The highest BCUT2D eigenvalue weighted by molar-refractivity contribution is 7.86. The first-order valence-corrected chi connectivity index (χ1v) is 12.0. The fraction of sp³-hybridized carbons (Fsp3) is 0.280. The minimum Gasteiger partial charge on any atom is -0.493 e. The van der Waals surface area contributed by atoms with Gasteiger partial charge in [0.15, 0.2) is 11.5 Å². The van der Waals surface area contributed by atoms with E-state index in [9.17, 15) is 8.42 Å². The van der Waals surface area contributed by atoms with E-state index < -0.39 is 16.5 Å². The van der Waals surface area contributed by atoms with E-state index in [-0.39, 0.29) is 4.90 Å². The lowest BCUT2D eigenvalue weighted by atomic mass is 10.1. The molecule has 3 aromatic rings. The second-order valence-electron chi connectivity index (χ2n) is 7.80. The zero-order valence-electron chi connectivity index (χ0n) is 18.2. The number of fused-ring (bicyclic) bond motifs is 1. The van der Waals surface area contributed by atoms with Crippen molar-refractivity contribution in [3.8, 4) is 11.5 Å². The third kappa shape index (κ3) is 5.12. The van der Waals surface area contributed by atoms with Crippen molar-refractivity contribution in [3.63, 3.8) is 0 Å². The molecular weight excluding hydrogens is 426 g/mol. The third-order valence-corrected chi connectivity index (χ3v) is 6.71. The highest BCUT2D eigenvalue weighted by Crippen LogP contribution is 2.37. The van der Waals surface area contributed by atoms with Crippen LogP contribution in [-0.4, -0.2) is 33.4 Å². The van der Waals surface area contributed by atoms with E-state index in [2.05, 4.69) is 12.1 Å². The monoisotopic (exact) mass is 453 g/mol. The minimum atomic E-state index is -4.02. The number of nitrogens with zero attached hydrogens (tertiary/aromatic N) is 1. The standard InChI is InChI=1S/C25H27NO5S/c1-19-13-15-22(16-14-19)32(27,28)31-25-26(17-7-10-20-8-4-3-5-9-20)18-21-11-6-12-23(29-2)24(21)30-25/h3-6,8-9,11-16,25H,7,10,17-18H2,1-2H3. The Balaban J connectivity index is 1.56. The summed E-state index contributed by atoms with van der Waals surface area (Å²) in [5.41, 5.74) is 3.13. The number of para-hydroxylation sites is 1. The lowest BCUT2D eigenvalue weighted by Gasteiger charge is -2.36. The molecule has 0 radical (unpaired) electrons. The van der Waals surface area contributed by atoms with E-state index in [1.807, 2.05) is 42.2 Å². The molecule has 168 valence electrons. The Morgan fingerprint density at radius 1 is 1.00 bits per heavy atom. The van der Waals surface area contributed by atoms with Crippen LogP contribution in [0.4, 0.5) is 0 Å². The van der Waals surface area contributed by atoms with Crippen LogP contribution in [0.2, 0.25) is 0 Å². The molecule has 1 aliphatic heterocycles. The second kappa shape index (κ2) is 9.73. The smallest absolute Gasteiger partial charge is 0.301 e. The molecule has 1 aliphatic rings. The maximum atomic E-state index is 13.0. The van der Waals surface area contributed by atoms with Crippen LogP contribution in [0.15, 0.2) is 77.7 Å². The van der Waals surface area contributed by atoms with Crippen LogP contribution in [0.1, 0.15) is 23.1 Å². The van der Waals surface area contributed by atoms with Crippen LogP contribution in [-0.2, 0) is 27.3 Å². The van der Waals surface area contributed by atoms with Crippen LogP contribution >= 0.6 is 0 Å². The average Bonchev–Trinajstić information content (AvgIpc) is 2.79. The number of benzene rings is 3. The van der Waals surface area contributed by atoms with Crippen molar-refractivity contribution in [2.75, 3.05) is 13.7 Å². The Morgan fingerprint density at radius 3 is 2.47 bits per heavy atom. The molecule has 0 N–H and O–H groups in total. The predicted molar refractivity (Wildman–Crippen MR) is 122 cm³/mol. The molecule has 0 bridgehead atoms. The normalized spacial score (nSPS) is 16.2. The first-order chi connectivity index (χ1) is 15.5. The number of rotatable bonds is 8. The molecule has 0 fully saturated rings. The number of hydrogen-bond acceptors (Lipinski definition) is 6. The quantitative estimate of drug-likeness (QED) is 0.467. The maximum absolute atomic E-state index is 13.0. The lowest BCUT2D eigenvalue weighted by Crippen LogP contribution is -2.46. The summed E-state index contributed by atoms with van der Waals surface area (Å²) in [6, 6.07) is 22.4. The van der Waals surface area contributed by atoms with Gasteiger partial charge in [-0.25, -0.2) is 9.08 Å². The van der Waals surface area contributed by atoms with Gasteiger partial charge in [-0.05, 0) is 43.5 Å². The van der Waals surface area contributed by atoms with Gasteiger partial charge >= 0.3 is 10.1 Å². The van der Waals surface area contributed by atoms with E-state index in [0.29, 0.717) is 24.6 Å². The van der Waals surface area contributed by atoms with Gasteiger partial charge < -0.3 is 9.47 Å². The van der Waals surface area contributed by atoms with Crippen molar-refractivity contribution in [2.24, 2.45) is 0 Å². The number of ether oxygens (including phenoxy) is 2. The largest absolute Gasteiger partial charge is 0.493 e. The van der Waals surface area contributed by atoms with Gasteiger partial charge in [-0.3, -0.25) is 0 Å². The van der Waals surface area contributed by atoms with Gasteiger partial charge in [0.05, 0.1) is 12.0 Å². The Kier molecular flexibility index (Phi) is 6.79. The topological polar surface area (TPSA) is 65.1 Å². The Labute approximate surface area is 189 Å². The molecule has 4 rings (SSSR count). The molecule has 0 spiro atoms. The molecule has 0 saturated heterocycles. The Bertz CT molecular complexity index is 1150. The molecule has 6 nitrogen and oxygen atoms in total. The molecule has 0 aliphatic carbocycles. The van der Waals surface area contributed by atoms with Gasteiger partial charge in [-0.2, -0.15) is 8.42 Å². The van der Waals surface area contributed by atoms with Crippen LogP contribution in [0.3, 0.4) is 0 Å². The molecular formula is C25H27NO5S. The number of hydrogen-bond donors (Lipinski definition) is 0. The SMILES string of the molecule is COc1cccc2c1OC(OS(=O)(=O)c1ccc(C)cc1)N(CCCc1ccccc1)C2. The summed E-state index contributed by atoms with van der Waals surface area (Å²) in [4.78, 5) is 2.00. The second-order valence-corrected chi connectivity index (χ2v) is 9.37. The van der Waals surface area contributed by atoms with Crippen molar-refractivity contribution in [2.45, 2.75) is 37.6 Å². The van der Waals surface area contributed by atoms with Crippen LogP contribution in [0.25, 0.3) is 0 Å². The van der Waals surface area contributed by atoms with Gasteiger partial charge in [0, 0.05) is 18.7 Å². The van der Waals surface area contributed by atoms with Crippen molar-refractivity contribution in [1.82, 2.24) is 4.90 Å². The first-order valence-electron chi connectivity index (χ1n) is 10.6. The van der Waals surface area contributed by atoms with E-state index in [1.54, 1.807) is 37.4 Å². The van der Waals surface area contributed by atoms with Crippen LogP contribution in [0.5, 0.6) is 11.5 Å². The zero-order chi connectivity index (χ0) is 22.6. The molecule has 0 saturated carbocycles. The summed E-state index contributed by atoms with van der Waals surface area (Å²) in [5.74, 6) is 1.06. The summed E-state index contributed by atoms with van der Waals surface area (Å²) in [7, 11) is -2.46. The molecule has 32 heavy (non-hydrogen) atoms. The third-order valence-electron chi connectivity index (χ3n) is 5.44. The van der Waals surface area contributed by atoms with Gasteiger partial charge in [0.1, 0.15) is 0 Å². The number of methoxy groups -OCH3 is 1. The van der Waals surface area contributed by atoms with Gasteiger partial charge in [0.25, 0.3) is 6.41 Å². The number of aryl methyl sites for hydroxylation is 2. The average molecular weight is 454 g/mol. The van der Waals surface area contributed by atoms with Crippen molar-refractivity contribution < 1.29 is 22.1 Å². The van der Waals surface area contributed by atoms with Crippen molar-refractivity contribution in [1.29, 1.82) is 0 Å². The molecule has 1 atom stereocenters. The van der Waals surface area contributed by atoms with E-state index >= 15 is 0 Å². The van der Waals surface area contributed by atoms with E-state index in [1.165, 1.54) is 5.56 Å². The van der Waals surface area contributed by atoms with Crippen molar-refractivity contribution >= 4 is 10.1 Å². The Hall–Kier alpha value is -2.87. The van der Waals surface area contributed by atoms with Gasteiger partial charge in [-0.1, -0.05) is 60.2 Å². The van der Waals surface area contributed by atoms with Crippen LogP contribution < -0.4 is 9.47 Å². The van der Waals surface area contributed by atoms with E-state index in [4.69, 9.17) is 13.7 Å². The Morgan fingerprint density at radius 2 is 1.75 bits per heavy atom. The van der Waals surface area contributed by atoms with E-state index in [0.717, 1.165) is 24.0 Å². The fourth-order valence-electron chi connectivity index (χ4n) is 3.71. The minimum absolute atomic E-state index is 0.0989. The highest BCUT2D eigenvalue weighted by Gasteiger charge is 2.34. The molecule has 1 unspecified atom stereocenters. The zero-order valence-corrected chi connectivity index (χ0v) is 19.0. The summed E-state index contributed by atoms with van der Waals surface area (Å²) < 4.78 is 43.0. The lowest BCUT2D eigenvalue weighted by molar-refractivity contribution is -0.130. The molecule has 7 heteroatoms. The van der Waals surface area contributed by atoms with Gasteiger partial charge in [0.2, 0.25) is 0 Å². The summed E-state index contributed by atoms with van der Waals surface area (Å²) in [5, 5.41) is 0. The summed E-state index contributed by atoms with van der Waals surface area (Å²) in [6.07, 6.45) is 0.623. The molecule has 0 amide bonds. The summed E-state index contributed by atoms with van der Waals surface area (Å²) in [6.45, 7) is 3.01.